The number of aromatic nitrogens is 2. The Hall–Kier alpha value is -3.14. The molecule has 0 bridgehead atoms. The molecule has 0 aliphatic rings. The van der Waals surface area contributed by atoms with Crippen LogP contribution in [0.1, 0.15) is 5.56 Å². The van der Waals surface area contributed by atoms with Gasteiger partial charge in [0.25, 0.3) is 0 Å². The molecule has 0 unspecified atom stereocenters. The lowest BCUT2D eigenvalue weighted by atomic mass is 10.2. The normalized spacial score (nSPS) is 11.5. The Bertz CT molecular complexity index is 1320. The Morgan fingerprint density at radius 2 is 1.65 bits per heavy atom. The van der Waals surface area contributed by atoms with Crippen molar-refractivity contribution in [2.45, 2.75) is 16.6 Å². The van der Waals surface area contributed by atoms with E-state index in [1.54, 1.807) is 12.1 Å². The van der Waals surface area contributed by atoms with Crippen LogP contribution in [0.3, 0.4) is 0 Å². The molecule has 1 heterocycles. The highest BCUT2D eigenvalue weighted by Crippen LogP contribution is 2.27. The molecule has 0 fully saturated rings. The van der Waals surface area contributed by atoms with E-state index in [0.717, 1.165) is 27.4 Å². The predicted octanol–water partition coefficient (Wildman–Crippen LogP) is 3.08. The topological polar surface area (TPSA) is 107 Å². The first-order valence-electron chi connectivity index (χ1n) is 9.46. The Kier molecular flexibility index (Phi) is 6.08. The second-order valence-electron chi connectivity index (χ2n) is 6.81. The Morgan fingerprint density at radius 1 is 0.968 bits per heavy atom. The maximum Gasteiger partial charge on any atom is 0.238 e. The van der Waals surface area contributed by atoms with Crippen LogP contribution in [-0.4, -0.2) is 29.6 Å². The summed E-state index contributed by atoms with van der Waals surface area (Å²) in [6.07, 6.45) is 0. The minimum Gasteiger partial charge on any atom is -0.351 e. The van der Waals surface area contributed by atoms with E-state index in [1.165, 1.54) is 23.9 Å². The van der Waals surface area contributed by atoms with Crippen molar-refractivity contribution in [2.75, 3.05) is 5.75 Å². The summed E-state index contributed by atoms with van der Waals surface area (Å²) in [5, 5.41) is 8.68. The van der Waals surface area contributed by atoms with E-state index in [1.807, 2.05) is 59.2 Å². The van der Waals surface area contributed by atoms with E-state index >= 15 is 0 Å². The van der Waals surface area contributed by atoms with E-state index in [4.69, 9.17) is 5.14 Å². The highest BCUT2D eigenvalue weighted by atomic mass is 32.2. The molecule has 31 heavy (non-hydrogen) atoms. The number of thioether (sulfide) groups is 1. The van der Waals surface area contributed by atoms with Gasteiger partial charge in [0, 0.05) is 12.2 Å². The van der Waals surface area contributed by atoms with Gasteiger partial charge in [-0.2, -0.15) is 0 Å². The monoisotopic (exact) mass is 452 g/mol. The SMILES string of the molecule is NS(=O)(=O)c1ccc(CNC(=O)CSc2nc3ccccc3n2-c2ccccc2)cc1. The summed E-state index contributed by atoms with van der Waals surface area (Å²) in [7, 11) is -3.73. The van der Waals surface area contributed by atoms with E-state index in [0.29, 0.717) is 6.54 Å². The number of nitrogens with two attached hydrogens (primary N) is 1. The molecule has 3 N–H and O–H groups in total. The number of benzene rings is 3. The van der Waals surface area contributed by atoms with Crippen molar-refractivity contribution in [1.82, 2.24) is 14.9 Å². The summed E-state index contributed by atoms with van der Waals surface area (Å²) >= 11 is 1.36. The number of nitrogens with zero attached hydrogens (tertiary/aromatic N) is 2. The van der Waals surface area contributed by atoms with E-state index in [9.17, 15) is 13.2 Å². The quantitative estimate of drug-likeness (QED) is 0.419. The van der Waals surface area contributed by atoms with Gasteiger partial charge in [-0.3, -0.25) is 9.36 Å². The third-order valence-electron chi connectivity index (χ3n) is 4.62. The lowest BCUT2D eigenvalue weighted by Gasteiger charge is -2.09. The van der Waals surface area contributed by atoms with Crippen LogP contribution in [0.5, 0.6) is 0 Å². The first kappa shape index (κ1) is 21.1. The standard InChI is InChI=1S/C22H20N4O3S2/c23-31(28,29)18-12-10-16(11-13-18)14-24-21(27)15-30-22-25-19-8-4-5-9-20(19)26(22)17-6-2-1-3-7-17/h1-13H,14-15H2,(H,24,27)(H2,23,28,29). The summed E-state index contributed by atoms with van der Waals surface area (Å²) in [5.41, 5.74) is 3.60. The average molecular weight is 453 g/mol. The number of hydrogen-bond donors (Lipinski definition) is 2. The Balaban J connectivity index is 1.44. The molecule has 1 amide bonds. The number of carbonyl (C=O) groups is 1. The number of rotatable bonds is 7. The molecule has 4 rings (SSSR count). The van der Waals surface area contributed by atoms with Gasteiger partial charge in [-0.15, -0.1) is 0 Å². The van der Waals surface area contributed by atoms with Crippen LogP contribution < -0.4 is 10.5 Å². The van der Waals surface area contributed by atoms with Crippen LogP contribution in [0.25, 0.3) is 16.7 Å². The van der Waals surface area contributed by atoms with Crippen molar-refractivity contribution in [3.63, 3.8) is 0 Å². The van der Waals surface area contributed by atoms with Gasteiger partial charge in [0.05, 0.1) is 21.7 Å². The number of imidazole rings is 1. The number of amides is 1. The first-order valence-corrected chi connectivity index (χ1v) is 12.0. The molecule has 9 heteroatoms. The highest BCUT2D eigenvalue weighted by Gasteiger charge is 2.14. The summed E-state index contributed by atoms with van der Waals surface area (Å²) in [5.74, 6) is 0.0537. The fraction of sp³-hybridized carbons (Fsp3) is 0.0909. The van der Waals surface area contributed by atoms with Crippen LogP contribution >= 0.6 is 11.8 Å². The first-order chi connectivity index (χ1) is 14.9. The molecule has 0 saturated heterocycles. The largest absolute Gasteiger partial charge is 0.351 e. The van der Waals surface area contributed by atoms with Gasteiger partial charge < -0.3 is 5.32 Å². The molecule has 158 valence electrons. The molecule has 0 atom stereocenters. The van der Waals surface area contributed by atoms with Crippen LogP contribution in [0.4, 0.5) is 0 Å². The molecular formula is C22H20N4O3S2. The minimum atomic E-state index is -3.73. The Morgan fingerprint density at radius 3 is 2.35 bits per heavy atom. The van der Waals surface area contributed by atoms with Gasteiger partial charge in [0.2, 0.25) is 15.9 Å². The number of para-hydroxylation sites is 3. The minimum absolute atomic E-state index is 0.0398. The fourth-order valence-electron chi connectivity index (χ4n) is 3.11. The van der Waals surface area contributed by atoms with Gasteiger partial charge in [0.1, 0.15) is 0 Å². The van der Waals surface area contributed by atoms with Gasteiger partial charge in [0.15, 0.2) is 5.16 Å². The summed E-state index contributed by atoms with van der Waals surface area (Å²) in [6, 6.07) is 23.9. The molecule has 3 aromatic carbocycles. The third-order valence-corrected chi connectivity index (χ3v) is 6.49. The highest BCUT2D eigenvalue weighted by molar-refractivity contribution is 7.99. The van der Waals surface area contributed by atoms with E-state index < -0.39 is 10.0 Å². The van der Waals surface area contributed by atoms with Crippen molar-refractivity contribution in [3.05, 3.63) is 84.4 Å². The van der Waals surface area contributed by atoms with Gasteiger partial charge in [-0.1, -0.05) is 54.2 Å². The van der Waals surface area contributed by atoms with Gasteiger partial charge in [-0.25, -0.2) is 18.5 Å². The van der Waals surface area contributed by atoms with Crippen molar-refractivity contribution in [1.29, 1.82) is 0 Å². The lowest BCUT2D eigenvalue weighted by molar-refractivity contribution is -0.118. The molecular weight excluding hydrogens is 432 g/mol. The Labute approximate surface area is 184 Å². The maximum absolute atomic E-state index is 12.4. The molecule has 0 aliphatic carbocycles. The summed E-state index contributed by atoms with van der Waals surface area (Å²) in [4.78, 5) is 17.1. The van der Waals surface area contributed by atoms with Crippen LogP contribution in [0, 0.1) is 0 Å². The molecule has 0 aliphatic heterocycles. The number of primary sulfonamides is 1. The molecule has 7 nitrogen and oxygen atoms in total. The van der Waals surface area contributed by atoms with E-state index in [-0.39, 0.29) is 16.6 Å². The molecule has 0 saturated carbocycles. The molecule has 0 spiro atoms. The number of carbonyl (C=O) groups excluding carboxylic acids is 1. The molecule has 4 aromatic rings. The molecule has 0 radical (unpaired) electrons. The zero-order valence-electron chi connectivity index (χ0n) is 16.4. The number of sulfonamides is 1. The van der Waals surface area contributed by atoms with Crippen LogP contribution in [0.2, 0.25) is 0 Å². The van der Waals surface area contributed by atoms with Crippen molar-refractivity contribution in [2.24, 2.45) is 5.14 Å². The number of fused-ring (bicyclic) bond motifs is 1. The van der Waals surface area contributed by atoms with Crippen LogP contribution in [-0.2, 0) is 21.4 Å². The second kappa shape index (κ2) is 8.93. The van der Waals surface area contributed by atoms with Crippen molar-refractivity contribution < 1.29 is 13.2 Å². The third kappa shape index (κ3) is 4.96. The lowest BCUT2D eigenvalue weighted by Crippen LogP contribution is -2.24. The van der Waals surface area contributed by atoms with Crippen molar-refractivity contribution in [3.8, 4) is 5.69 Å². The van der Waals surface area contributed by atoms with Gasteiger partial charge >= 0.3 is 0 Å². The van der Waals surface area contributed by atoms with E-state index in [2.05, 4.69) is 10.3 Å². The second-order valence-corrected chi connectivity index (χ2v) is 9.31. The zero-order valence-corrected chi connectivity index (χ0v) is 18.1. The smallest absolute Gasteiger partial charge is 0.238 e. The van der Waals surface area contributed by atoms with Crippen molar-refractivity contribution >= 4 is 38.7 Å². The fourth-order valence-corrected chi connectivity index (χ4v) is 4.48. The van der Waals surface area contributed by atoms with Gasteiger partial charge in [-0.05, 0) is 42.0 Å². The number of hydrogen-bond acceptors (Lipinski definition) is 5. The molecule has 1 aromatic heterocycles. The average Bonchev–Trinajstić information content (AvgIpc) is 3.15. The maximum atomic E-state index is 12.4. The summed E-state index contributed by atoms with van der Waals surface area (Å²) < 4.78 is 24.7. The predicted molar refractivity (Wildman–Crippen MR) is 121 cm³/mol. The zero-order chi connectivity index (χ0) is 21.8. The van der Waals surface area contributed by atoms with Crippen LogP contribution in [0.15, 0.2) is 88.9 Å². The summed E-state index contributed by atoms with van der Waals surface area (Å²) in [6.45, 7) is 0.291. The number of nitrogens with one attached hydrogen (secondary N) is 1.